The molecule has 0 bridgehead atoms. The zero-order valence-corrected chi connectivity index (χ0v) is 11.3. The maximum atomic E-state index is 6.10. The first kappa shape index (κ1) is 13.3. The van der Waals surface area contributed by atoms with Crippen LogP contribution in [0.2, 0.25) is 10.0 Å². The average molecular weight is 285 g/mol. The number of hydrogen-bond acceptors (Lipinski definition) is 3. The van der Waals surface area contributed by atoms with Gasteiger partial charge in [-0.05, 0) is 44.0 Å². The zero-order chi connectivity index (χ0) is 13.0. The van der Waals surface area contributed by atoms with Crippen LogP contribution in [0.25, 0.3) is 5.69 Å². The molecule has 96 valence electrons. The van der Waals surface area contributed by atoms with Crippen LogP contribution in [0.1, 0.15) is 18.5 Å². The minimum Gasteiger partial charge on any atom is -0.330 e. The number of halogens is 2. The van der Waals surface area contributed by atoms with Gasteiger partial charge in [0.2, 0.25) is 0 Å². The van der Waals surface area contributed by atoms with Crippen molar-refractivity contribution in [3.63, 3.8) is 0 Å². The molecule has 0 radical (unpaired) electrons. The van der Waals surface area contributed by atoms with Gasteiger partial charge in [0.1, 0.15) is 0 Å². The monoisotopic (exact) mass is 284 g/mol. The highest BCUT2D eigenvalue weighted by atomic mass is 35.5. The molecule has 6 heteroatoms. The zero-order valence-electron chi connectivity index (χ0n) is 9.81. The van der Waals surface area contributed by atoms with Crippen LogP contribution in [0.5, 0.6) is 0 Å². The number of nitrogens with zero attached hydrogens (tertiary/aromatic N) is 3. The molecule has 0 aliphatic rings. The molecule has 1 aromatic carbocycles. The Balaban J connectivity index is 2.16. The molecule has 18 heavy (non-hydrogen) atoms. The lowest BCUT2D eigenvalue weighted by Crippen LogP contribution is -1.99. The first-order chi connectivity index (χ1) is 8.70. The summed E-state index contributed by atoms with van der Waals surface area (Å²) < 4.78 is 1.64. The number of unbranched alkanes of at least 4 members (excludes halogenated alkanes) is 1. The van der Waals surface area contributed by atoms with Crippen molar-refractivity contribution in [3.05, 3.63) is 40.1 Å². The Hall–Kier alpha value is -1.10. The van der Waals surface area contributed by atoms with Crippen LogP contribution in [0.15, 0.2) is 24.4 Å². The standard InChI is InChI=1S/C12H14Cl2N4/c13-9-4-5-11(14)12(7-9)18-8-10(16-17-18)3-1-2-6-15/h4-5,7-8H,1-3,6,15H2. The van der Waals surface area contributed by atoms with E-state index in [2.05, 4.69) is 10.3 Å². The lowest BCUT2D eigenvalue weighted by atomic mass is 10.2. The van der Waals surface area contributed by atoms with Gasteiger partial charge >= 0.3 is 0 Å². The quantitative estimate of drug-likeness (QED) is 0.859. The molecule has 2 rings (SSSR count). The van der Waals surface area contributed by atoms with Gasteiger partial charge in [0.25, 0.3) is 0 Å². The fourth-order valence-corrected chi connectivity index (χ4v) is 2.01. The minimum atomic E-state index is 0.595. The van der Waals surface area contributed by atoms with Crippen LogP contribution in [-0.4, -0.2) is 21.5 Å². The van der Waals surface area contributed by atoms with Crippen LogP contribution in [0, 0.1) is 0 Å². The molecular weight excluding hydrogens is 271 g/mol. The fourth-order valence-electron chi connectivity index (χ4n) is 1.64. The van der Waals surface area contributed by atoms with E-state index in [9.17, 15) is 0 Å². The third-order valence-electron chi connectivity index (χ3n) is 2.58. The topological polar surface area (TPSA) is 56.7 Å². The van der Waals surface area contributed by atoms with Crippen molar-refractivity contribution in [2.45, 2.75) is 19.3 Å². The molecule has 0 aliphatic carbocycles. The second-order valence-corrected chi connectivity index (χ2v) is 4.84. The molecule has 0 saturated heterocycles. The van der Waals surface area contributed by atoms with Crippen molar-refractivity contribution < 1.29 is 0 Å². The second kappa shape index (κ2) is 6.18. The summed E-state index contributed by atoms with van der Waals surface area (Å²) in [6, 6.07) is 5.25. The van der Waals surface area contributed by atoms with E-state index in [0.29, 0.717) is 16.6 Å². The second-order valence-electron chi connectivity index (χ2n) is 4.00. The van der Waals surface area contributed by atoms with Crippen molar-refractivity contribution in [2.75, 3.05) is 6.54 Å². The molecule has 1 heterocycles. The van der Waals surface area contributed by atoms with Gasteiger partial charge in [-0.15, -0.1) is 5.10 Å². The summed E-state index contributed by atoms with van der Waals surface area (Å²) >= 11 is 12.0. The predicted molar refractivity (Wildman–Crippen MR) is 73.4 cm³/mol. The van der Waals surface area contributed by atoms with Gasteiger partial charge in [0, 0.05) is 5.02 Å². The highest BCUT2D eigenvalue weighted by molar-refractivity contribution is 6.34. The molecule has 2 aromatic rings. The van der Waals surface area contributed by atoms with Gasteiger partial charge < -0.3 is 5.73 Å². The smallest absolute Gasteiger partial charge is 0.0864 e. The molecule has 0 aliphatic heterocycles. The van der Waals surface area contributed by atoms with E-state index < -0.39 is 0 Å². The van der Waals surface area contributed by atoms with Gasteiger partial charge in [0.15, 0.2) is 0 Å². The van der Waals surface area contributed by atoms with Crippen LogP contribution in [0.3, 0.4) is 0 Å². The summed E-state index contributed by atoms with van der Waals surface area (Å²) in [6.07, 6.45) is 4.74. The Morgan fingerprint density at radius 3 is 2.83 bits per heavy atom. The number of aryl methyl sites for hydroxylation is 1. The van der Waals surface area contributed by atoms with E-state index in [1.807, 2.05) is 6.20 Å². The normalized spacial score (nSPS) is 10.8. The first-order valence-corrected chi connectivity index (χ1v) is 6.53. The molecule has 0 spiro atoms. The van der Waals surface area contributed by atoms with E-state index in [-0.39, 0.29) is 0 Å². The van der Waals surface area contributed by atoms with Gasteiger partial charge in [-0.2, -0.15) is 0 Å². The number of benzene rings is 1. The lowest BCUT2D eigenvalue weighted by Gasteiger charge is -2.03. The number of aromatic nitrogens is 3. The summed E-state index contributed by atoms with van der Waals surface area (Å²) in [7, 11) is 0. The van der Waals surface area contributed by atoms with Gasteiger partial charge in [-0.3, -0.25) is 0 Å². The van der Waals surface area contributed by atoms with Crippen LogP contribution in [-0.2, 0) is 6.42 Å². The molecular formula is C12H14Cl2N4. The number of hydrogen-bond donors (Lipinski definition) is 1. The van der Waals surface area contributed by atoms with Crippen LogP contribution in [0.4, 0.5) is 0 Å². The van der Waals surface area contributed by atoms with Crippen LogP contribution < -0.4 is 5.73 Å². The van der Waals surface area contributed by atoms with Crippen LogP contribution >= 0.6 is 23.2 Å². The predicted octanol–water partition coefficient (Wildman–Crippen LogP) is 2.86. The largest absolute Gasteiger partial charge is 0.330 e. The lowest BCUT2D eigenvalue weighted by molar-refractivity contribution is 0.727. The average Bonchev–Trinajstić information content (AvgIpc) is 2.81. The van der Waals surface area contributed by atoms with Crippen molar-refractivity contribution in [1.29, 1.82) is 0 Å². The van der Waals surface area contributed by atoms with Gasteiger partial charge in [0.05, 0.1) is 22.6 Å². The third-order valence-corrected chi connectivity index (χ3v) is 3.14. The van der Waals surface area contributed by atoms with Crippen molar-refractivity contribution in [3.8, 4) is 5.69 Å². The molecule has 2 N–H and O–H groups in total. The molecule has 0 amide bonds. The fraction of sp³-hybridized carbons (Fsp3) is 0.333. The number of nitrogens with two attached hydrogens (primary N) is 1. The summed E-state index contributed by atoms with van der Waals surface area (Å²) in [5, 5.41) is 9.38. The maximum absolute atomic E-state index is 6.10. The Morgan fingerprint density at radius 1 is 1.22 bits per heavy atom. The molecule has 0 unspecified atom stereocenters. The Kier molecular flexibility index (Phi) is 4.58. The summed E-state index contributed by atoms with van der Waals surface area (Å²) in [5.74, 6) is 0. The van der Waals surface area contributed by atoms with Gasteiger partial charge in [-0.25, -0.2) is 4.68 Å². The first-order valence-electron chi connectivity index (χ1n) is 5.77. The molecule has 1 aromatic heterocycles. The van der Waals surface area contributed by atoms with E-state index in [4.69, 9.17) is 28.9 Å². The Labute approximate surface area is 116 Å². The highest BCUT2D eigenvalue weighted by Gasteiger charge is 2.07. The molecule has 0 saturated carbocycles. The Bertz CT molecular complexity index is 525. The summed E-state index contributed by atoms with van der Waals surface area (Å²) in [5.41, 5.74) is 7.12. The third kappa shape index (κ3) is 3.22. The molecule has 0 fully saturated rings. The van der Waals surface area contributed by atoms with Crippen molar-refractivity contribution in [1.82, 2.24) is 15.0 Å². The number of rotatable bonds is 5. The maximum Gasteiger partial charge on any atom is 0.0864 e. The van der Waals surface area contributed by atoms with E-state index in [0.717, 1.165) is 30.6 Å². The van der Waals surface area contributed by atoms with E-state index in [1.165, 1.54) is 0 Å². The summed E-state index contributed by atoms with van der Waals surface area (Å²) in [4.78, 5) is 0. The minimum absolute atomic E-state index is 0.595. The highest BCUT2D eigenvalue weighted by Crippen LogP contribution is 2.23. The summed E-state index contributed by atoms with van der Waals surface area (Å²) in [6.45, 7) is 0.703. The van der Waals surface area contributed by atoms with Crippen molar-refractivity contribution in [2.24, 2.45) is 5.73 Å². The van der Waals surface area contributed by atoms with Crippen molar-refractivity contribution >= 4 is 23.2 Å². The molecule has 0 atom stereocenters. The Morgan fingerprint density at radius 2 is 2.06 bits per heavy atom. The van der Waals surface area contributed by atoms with E-state index >= 15 is 0 Å². The van der Waals surface area contributed by atoms with Gasteiger partial charge in [-0.1, -0.05) is 28.4 Å². The SMILES string of the molecule is NCCCCc1cn(-c2cc(Cl)ccc2Cl)nn1. The molecule has 4 nitrogen and oxygen atoms in total. The van der Waals surface area contributed by atoms with E-state index in [1.54, 1.807) is 22.9 Å².